The smallest absolute Gasteiger partial charge is 0.233 e. The molecule has 6 aromatic rings. The number of carbonyl (C=O) groups is 4. The van der Waals surface area contributed by atoms with Crippen molar-refractivity contribution in [2.45, 2.75) is 119 Å². The van der Waals surface area contributed by atoms with Gasteiger partial charge in [-0.1, -0.05) is 154 Å². The average Bonchev–Trinajstić information content (AvgIpc) is 3.41. The Morgan fingerprint density at radius 2 is 0.689 bits per heavy atom. The number of ketones is 4. The van der Waals surface area contributed by atoms with Gasteiger partial charge < -0.3 is 31.9 Å². The molecule has 0 aliphatic heterocycles. The lowest BCUT2D eigenvalue weighted by Crippen LogP contribution is -2.25. The molecular formula is C58H70N12O4. The predicted octanol–water partition coefficient (Wildman–Crippen LogP) is 12.4. The number of nitrogens with zero attached hydrogens (tertiary/aromatic N) is 6. The SMILES string of the molecule is CCCCNc1nc(NCC(CC)CCCC)nc(Nc2ccc(-c3ccc(Nc4nc(NCCCC)nc(NCC(CC)CCCC)n4)c4c3C(=O)c3ccccc3C4=O)c3c2C(=O)c2ccccc2C3=O)n1. The summed E-state index contributed by atoms with van der Waals surface area (Å²) in [6, 6.07) is 20.3. The lowest BCUT2D eigenvalue weighted by Gasteiger charge is -2.27. The second kappa shape index (κ2) is 24.9. The Morgan fingerprint density at radius 3 is 1.03 bits per heavy atom. The van der Waals surface area contributed by atoms with Gasteiger partial charge in [-0.15, -0.1) is 0 Å². The molecule has 0 bridgehead atoms. The van der Waals surface area contributed by atoms with E-state index in [1.165, 1.54) is 0 Å². The van der Waals surface area contributed by atoms with Crippen LogP contribution in [0.1, 0.15) is 182 Å². The van der Waals surface area contributed by atoms with Crippen molar-refractivity contribution in [1.82, 2.24) is 29.9 Å². The minimum absolute atomic E-state index is 0.0800. The van der Waals surface area contributed by atoms with E-state index in [1.807, 2.05) is 0 Å². The monoisotopic (exact) mass is 999 g/mol. The molecular weight excluding hydrogens is 929 g/mol. The van der Waals surface area contributed by atoms with Crippen molar-refractivity contribution >= 4 is 70.2 Å². The molecule has 2 unspecified atom stereocenters. The third-order valence-electron chi connectivity index (χ3n) is 14.0. The van der Waals surface area contributed by atoms with E-state index in [0.29, 0.717) is 84.3 Å². The fraction of sp³-hybridized carbons (Fsp3) is 0.414. The number of carbonyl (C=O) groups excluding carboxylic acids is 4. The van der Waals surface area contributed by atoms with E-state index in [2.05, 4.69) is 73.4 Å². The highest BCUT2D eigenvalue weighted by molar-refractivity contribution is 6.35. The molecule has 16 nitrogen and oxygen atoms in total. The molecule has 2 aliphatic rings. The molecule has 74 heavy (non-hydrogen) atoms. The Bertz CT molecular complexity index is 2810. The third kappa shape index (κ3) is 11.7. The van der Waals surface area contributed by atoms with Crippen molar-refractivity contribution in [3.63, 3.8) is 0 Å². The highest BCUT2D eigenvalue weighted by Gasteiger charge is 2.39. The quantitative estimate of drug-likeness (QED) is 0.0264. The highest BCUT2D eigenvalue weighted by Crippen LogP contribution is 2.44. The van der Waals surface area contributed by atoms with Gasteiger partial charge in [-0.3, -0.25) is 19.2 Å². The Kier molecular flexibility index (Phi) is 17.7. The molecule has 0 radical (unpaired) electrons. The van der Waals surface area contributed by atoms with Crippen molar-refractivity contribution in [2.75, 3.05) is 58.1 Å². The molecule has 8 rings (SSSR count). The van der Waals surface area contributed by atoms with Crippen LogP contribution in [0.15, 0.2) is 72.8 Å². The average molecular weight is 999 g/mol. The third-order valence-corrected chi connectivity index (χ3v) is 14.0. The van der Waals surface area contributed by atoms with Gasteiger partial charge in [0, 0.05) is 59.6 Å². The molecule has 2 aliphatic carbocycles. The van der Waals surface area contributed by atoms with Crippen LogP contribution in [0.5, 0.6) is 0 Å². The summed E-state index contributed by atoms with van der Waals surface area (Å²) in [6.45, 7) is 15.6. The molecule has 0 amide bonds. The van der Waals surface area contributed by atoms with Crippen LogP contribution in [0.4, 0.5) is 47.1 Å². The van der Waals surface area contributed by atoms with Crippen molar-refractivity contribution < 1.29 is 19.2 Å². The number of rotatable bonds is 27. The van der Waals surface area contributed by atoms with Crippen LogP contribution < -0.4 is 31.9 Å². The number of fused-ring (bicyclic) bond motifs is 4. The number of nitrogens with one attached hydrogen (secondary N) is 6. The van der Waals surface area contributed by atoms with Gasteiger partial charge in [0.15, 0.2) is 23.1 Å². The standard InChI is InChI=1S/C58H70N12O4/c1-7-13-21-35(11-5)33-61-55-65-53(59-31-15-9-3)67-57(69-55)63-43-29-27-37(45-47(43)51(73)41-25-19-17-23-39(41)49(45)71)38-28-30-44(48-46(38)50(72)40-24-18-20-26-42(40)52(48)74)64-58-68-54(60-32-16-10-4)66-56(70-58)62-34-36(12-6)22-14-8-2/h17-20,23-30,35-36H,7-16,21-22,31-34H2,1-6H3,(H3,59,61,63,65,67,69)(H3,60,62,64,66,68,70). The van der Waals surface area contributed by atoms with Crippen LogP contribution >= 0.6 is 0 Å². The Morgan fingerprint density at radius 1 is 0.365 bits per heavy atom. The first-order chi connectivity index (χ1) is 36.1. The summed E-state index contributed by atoms with van der Waals surface area (Å²) in [5.74, 6) is 1.06. The first-order valence-corrected chi connectivity index (χ1v) is 26.8. The van der Waals surface area contributed by atoms with E-state index in [1.54, 1.807) is 72.8 Å². The summed E-state index contributed by atoms with van der Waals surface area (Å²) in [5.41, 5.74) is 2.47. The lowest BCUT2D eigenvalue weighted by molar-refractivity contribution is 0.0978. The van der Waals surface area contributed by atoms with E-state index in [4.69, 9.17) is 29.9 Å². The van der Waals surface area contributed by atoms with Crippen molar-refractivity contribution in [1.29, 1.82) is 0 Å². The summed E-state index contributed by atoms with van der Waals surface area (Å²) in [6.07, 6.45) is 12.4. The van der Waals surface area contributed by atoms with Gasteiger partial charge in [-0.25, -0.2) is 0 Å². The summed E-state index contributed by atoms with van der Waals surface area (Å²) in [5, 5.41) is 20.1. The highest BCUT2D eigenvalue weighted by atomic mass is 16.1. The van der Waals surface area contributed by atoms with E-state index in [0.717, 1.165) is 77.0 Å². The van der Waals surface area contributed by atoms with Crippen LogP contribution in [0.25, 0.3) is 11.1 Å². The summed E-state index contributed by atoms with van der Waals surface area (Å²) in [4.78, 5) is 88.4. The largest absolute Gasteiger partial charge is 0.354 e. The summed E-state index contributed by atoms with van der Waals surface area (Å²) < 4.78 is 0. The van der Waals surface area contributed by atoms with Crippen LogP contribution in [0.2, 0.25) is 0 Å². The van der Waals surface area contributed by atoms with Gasteiger partial charge in [-0.05, 0) is 60.8 Å². The van der Waals surface area contributed by atoms with E-state index < -0.39 is 23.1 Å². The summed E-state index contributed by atoms with van der Waals surface area (Å²) >= 11 is 0. The maximum absolute atomic E-state index is 15.1. The van der Waals surface area contributed by atoms with Gasteiger partial charge in [0.05, 0.1) is 22.5 Å². The fourth-order valence-corrected chi connectivity index (χ4v) is 9.64. The van der Waals surface area contributed by atoms with Crippen molar-refractivity contribution in [2.24, 2.45) is 11.8 Å². The molecule has 2 aromatic heterocycles. The zero-order chi connectivity index (χ0) is 52.1. The second-order valence-electron chi connectivity index (χ2n) is 19.2. The minimum atomic E-state index is -0.411. The van der Waals surface area contributed by atoms with Crippen LogP contribution in [-0.4, -0.2) is 79.2 Å². The van der Waals surface area contributed by atoms with Gasteiger partial charge in [0.25, 0.3) is 0 Å². The number of hydrogen-bond donors (Lipinski definition) is 6. The zero-order valence-electron chi connectivity index (χ0n) is 43.7. The maximum Gasteiger partial charge on any atom is 0.233 e. The molecule has 2 atom stereocenters. The minimum Gasteiger partial charge on any atom is -0.354 e. The number of unbranched alkanes of at least 4 members (excludes halogenated alkanes) is 4. The Labute approximate surface area is 434 Å². The molecule has 0 saturated carbocycles. The molecule has 2 heterocycles. The van der Waals surface area contributed by atoms with Crippen molar-refractivity contribution in [3.8, 4) is 11.1 Å². The van der Waals surface area contributed by atoms with Gasteiger partial charge in [0.2, 0.25) is 35.7 Å². The first kappa shape index (κ1) is 52.7. The van der Waals surface area contributed by atoms with E-state index in [9.17, 15) is 9.59 Å². The molecule has 0 fully saturated rings. The van der Waals surface area contributed by atoms with Gasteiger partial charge in [-0.2, -0.15) is 29.9 Å². The number of aromatic nitrogens is 6. The lowest BCUT2D eigenvalue weighted by atomic mass is 9.75. The van der Waals surface area contributed by atoms with Gasteiger partial charge in [0.1, 0.15) is 0 Å². The van der Waals surface area contributed by atoms with Crippen molar-refractivity contribution in [3.05, 3.63) is 117 Å². The molecule has 6 N–H and O–H groups in total. The Hall–Kier alpha value is -7.62. The maximum atomic E-state index is 15.1. The number of hydrogen-bond acceptors (Lipinski definition) is 16. The van der Waals surface area contributed by atoms with E-state index in [-0.39, 0.29) is 56.4 Å². The first-order valence-electron chi connectivity index (χ1n) is 26.8. The van der Waals surface area contributed by atoms with Crippen LogP contribution in [0.3, 0.4) is 0 Å². The van der Waals surface area contributed by atoms with Gasteiger partial charge >= 0.3 is 0 Å². The van der Waals surface area contributed by atoms with Crippen LogP contribution in [-0.2, 0) is 0 Å². The predicted molar refractivity (Wildman–Crippen MR) is 295 cm³/mol. The normalized spacial score (nSPS) is 13.3. The molecule has 4 aromatic carbocycles. The molecule has 0 saturated heterocycles. The summed E-state index contributed by atoms with van der Waals surface area (Å²) in [7, 11) is 0. The topological polar surface area (TPSA) is 218 Å². The zero-order valence-corrected chi connectivity index (χ0v) is 43.7. The molecule has 386 valence electrons. The number of anilines is 8. The van der Waals surface area contributed by atoms with Crippen LogP contribution in [0, 0.1) is 11.8 Å². The Balaban J connectivity index is 1.24. The fourth-order valence-electron chi connectivity index (χ4n) is 9.64. The molecule has 0 spiro atoms. The molecule has 16 heteroatoms. The number of benzene rings is 4. The second-order valence-corrected chi connectivity index (χ2v) is 19.2. The van der Waals surface area contributed by atoms with E-state index >= 15 is 9.59 Å².